The largest absolute Gasteiger partial charge is 0.254 e. The number of rotatable bonds is 4. The van der Waals surface area contributed by atoms with E-state index in [1.54, 1.807) is 0 Å². The molecule has 5 aromatic rings. The minimum Gasteiger partial charge on any atom is -0.254 e. The van der Waals surface area contributed by atoms with Crippen LogP contribution in [-0.4, -0.2) is 29.9 Å². The van der Waals surface area contributed by atoms with Gasteiger partial charge in [0, 0.05) is 24.8 Å². The third kappa shape index (κ3) is 4.30. The highest BCUT2D eigenvalue weighted by Gasteiger charge is 2.55. The molecule has 6 heteroatoms. The van der Waals surface area contributed by atoms with Crippen molar-refractivity contribution < 1.29 is 0 Å². The van der Waals surface area contributed by atoms with E-state index in [1.165, 1.54) is 70.2 Å². The first-order valence-electron chi connectivity index (χ1n) is 22.6. The van der Waals surface area contributed by atoms with E-state index in [9.17, 15) is 0 Å². The first kappa shape index (κ1) is 34.5. The fourth-order valence-electron chi connectivity index (χ4n) is 14.3. The van der Waals surface area contributed by atoms with Crippen molar-refractivity contribution in [2.45, 2.75) is 130 Å². The lowest BCUT2D eigenvalue weighted by atomic mass is 9.47. The summed E-state index contributed by atoms with van der Waals surface area (Å²) in [5.74, 6) is 5.15. The molecule has 5 aromatic heterocycles. The van der Waals surface area contributed by atoms with Crippen molar-refractivity contribution in [3.63, 3.8) is 0 Å². The Morgan fingerprint density at radius 2 is 0.586 bits per heavy atom. The van der Waals surface area contributed by atoms with Gasteiger partial charge in [-0.25, -0.2) is 9.97 Å². The summed E-state index contributed by atoms with van der Waals surface area (Å²) < 4.78 is 0. The second-order valence-electron chi connectivity index (χ2n) is 22.7. The van der Waals surface area contributed by atoms with Crippen LogP contribution in [0, 0.1) is 45.3 Å². The van der Waals surface area contributed by atoms with Crippen LogP contribution in [0.3, 0.4) is 0 Å². The summed E-state index contributed by atoms with van der Waals surface area (Å²) in [5.41, 5.74) is 19.5. The summed E-state index contributed by atoms with van der Waals surface area (Å²) in [6.07, 6.45) is 18.2. The molecular formula is C52H56N6. The van der Waals surface area contributed by atoms with Crippen LogP contribution in [0.4, 0.5) is 0 Å². The fourth-order valence-corrected chi connectivity index (χ4v) is 14.3. The third-order valence-electron chi connectivity index (χ3n) is 19.2. The van der Waals surface area contributed by atoms with Gasteiger partial charge >= 0.3 is 0 Å². The number of hydrogen-bond acceptors (Lipinski definition) is 6. The summed E-state index contributed by atoms with van der Waals surface area (Å²) in [6, 6.07) is 9.38. The molecule has 0 radical (unpaired) electrons. The van der Waals surface area contributed by atoms with Gasteiger partial charge in [-0.05, 0) is 189 Å². The van der Waals surface area contributed by atoms with E-state index in [-0.39, 0.29) is 0 Å². The number of aromatic nitrogens is 6. The lowest BCUT2D eigenvalue weighted by molar-refractivity contribution is 0.0183. The van der Waals surface area contributed by atoms with Gasteiger partial charge in [-0.15, -0.1) is 0 Å². The quantitative estimate of drug-likeness (QED) is 0.181. The van der Waals surface area contributed by atoms with Crippen molar-refractivity contribution in [2.24, 2.45) is 45.3 Å². The smallest absolute Gasteiger partial charge is 0.117 e. The molecule has 8 atom stereocenters. The molecule has 5 heterocycles. The van der Waals surface area contributed by atoms with Gasteiger partial charge in [-0.3, -0.25) is 19.9 Å². The monoisotopic (exact) mass is 764 g/mol. The normalized spacial score (nSPS) is 32.1. The number of pyridine rings is 4. The van der Waals surface area contributed by atoms with Crippen molar-refractivity contribution >= 4 is 0 Å². The van der Waals surface area contributed by atoms with Gasteiger partial charge < -0.3 is 0 Å². The maximum Gasteiger partial charge on any atom is 0.117 e. The second-order valence-corrected chi connectivity index (χ2v) is 22.7. The molecule has 6 nitrogen and oxygen atoms in total. The highest BCUT2D eigenvalue weighted by Crippen LogP contribution is 2.65. The van der Waals surface area contributed by atoms with Gasteiger partial charge in [-0.1, -0.05) is 55.4 Å². The lowest BCUT2D eigenvalue weighted by Gasteiger charge is -2.57. The summed E-state index contributed by atoms with van der Waals surface area (Å²) in [6.45, 7) is 19.5. The molecule has 17 rings (SSSR count). The second kappa shape index (κ2) is 10.9. The molecule has 4 saturated carbocycles. The van der Waals surface area contributed by atoms with E-state index < -0.39 is 0 Å². The Bertz CT molecular complexity index is 2310. The molecule has 0 aliphatic heterocycles. The van der Waals surface area contributed by atoms with Crippen molar-refractivity contribution in [1.29, 1.82) is 0 Å². The molecule has 0 amide bonds. The topological polar surface area (TPSA) is 77.3 Å². The van der Waals surface area contributed by atoms with Gasteiger partial charge in [0.15, 0.2) is 0 Å². The molecule has 12 aliphatic carbocycles. The van der Waals surface area contributed by atoms with Crippen LogP contribution in [0.5, 0.6) is 0 Å². The molecule has 294 valence electrons. The summed E-state index contributed by atoms with van der Waals surface area (Å²) in [7, 11) is 0. The third-order valence-corrected chi connectivity index (χ3v) is 19.2. The fraction of sp³-hybridized carbons (Fsp3) is 0.538. The minimum absolute atomic E-state index is 0.338. The highest BCUT2D eigenvalue weighted by atomic mass is 14.9. The van der Waals surface area contributed by atoms with Crippen molar-refractivity contribution in [3.05, 3.63) is 93.6 Å². The van der Waals surface area contributed by atoms with Crippen LogP contribution >= 0.6 is 0 Å². The summed E-state index contributed by atoms with van der Waals surface area (Å²) in [4.78, 5) is 32.6. The average molecular weight is 765 g/mol. The molecule has 58 heavy (non-hydrogen) atoms. The zero-order valence-corrected chi connectivity index (χ0v) is 35.6. The van der Waals surface area contributed by atoms with Crippen LogP contribution in [-0.2, 0) is 25.7 Å². The predicted octanol–water partition coefficient (Wildman–Crippen LogP) is 11.5. The lowest BCUT2D eigenvalue weighted by Crippen LogP contribution is -2.48. The standard InChI is InChI=1S/C52H56N6/c1-49(2)29-9-25-13-41(53-21-33(25)37(49)17-29)45-46(42-14-26-10-30-18-38(50(30,3)4)34(26)22-54-42)58-48(44-16-28-12-32-20-40(52(32,7)8)36(28)24-56-44)47(57-45)43-15-27-11-31-19-39(51(31,5)6)35(27)23-55-43/h13-16,21-24,29-32,37-40H,9-12,17-20H2,1-8H3/t29-,30-,31-,32-,37-,38-,39-,40-/m0/s1. The zero-order valence-electron chi connectivity index (χ0n) is 35.6. The number of nitrogens with zero attached hydrogens (tertiary/aromatic N) is 6. The van der Waals surface area contributed by atoms with Crippen LogP contribution < -0.4 is 0 Å². The van der Waals surface area contributed by atoms with Crippen LogP contribution in [0.2, 0.25) is 0 Å². The highest BCUT2D eigenvalue weighted by molar-refractivity contribution is 5.84. The van der Waals surface area contributed by atoms with Crippen LogP contribution in [0.15, 0.2) is 49.1 Å². The molecule has 0 aromatic carbocycles. The van der Waals surface area contributed by atoms with Crippen molar-refractivity contribution in [3.8, 4) is 45.6 Å². The van der Waals surface area contributed by atoms with E-state index in [2.05, 4.69) is 104 Å². The maximum absolute atomic E-state index is 5.73. The molecule has 8 bridgehead atoms. The average Bonchev–Trinajstić information content (AvgIpc) is 3.23. The van der Waals surface area contributed by atoms with E-state index in [0.29, 0.717) is 69.0 Å². The van der Waals surface area contributed by atoms with E-state index >= 15 is 0 Å². The Balaban J connectivity index is 1.02. The molecule has 0 spiro atoms. The van der Waals surface area contributed by atoms with Gasteiger partial charge in [0.1, 0.15) is 22.8 Å². The van der Waals surface area contributed by atoms with Gasteiger partial charge in [0.2, 0.25) is 0 Å². The Labute approximate surface area is 343 Å². The van der Waals surface area contributed by atoms with E-state index in [4.69, 9.17) is 29.9 Å². The van der Waals surface area contributed by atoms with E-state index in [0.717, 1.165) is 71.2 Å². The Kier molecular flexibility index (Phi) is 6.48. The molecule has 0 saturated heterocycles. The summed E-state index contributed by atoms with van der Waals surface area (Å²) in [5, 5.41) is 0. The van der Waals surface area contributed by atoms with Crippen molar-refractivity contribution in [2.75, 3.05) is 0 Å². The Morgan fingerprint density at radius 1 is 0.362 bits per heavy atom. The molecule has 4 fully saturated rings. The summed E-state index contributed by atoms with van der Waals surface area (Å²) >= 11 is 0. The Morgan fingerprint density at radius 3 is 0.793 bits per heavy atom. The maximum atomic E-state index is 5.73. The number of hydrogen-bond donors (Lipinski definition) is 0. The van der Waals surface area contributed by atoms with Crippen LogP contribution in [0.1, 0.15) is 149 Å². The predicted molar refractivity (Wildman–Crippen MR) is 228 cm³/mol. The van der Waals surface area contributed by atoms with Crippen LogP contribution in [0.25, 0.3) is 45.6 Å². The minimum atomic E-state index is 0.338. The Hall–Kier alpha value is -4.32. The molecule has 0 unspecified atom stereocenters. The van der Waals surface area contributed by atoms with E-state index in [1.807, 2.05) is 0 Å². The SMILES string of the molecule is CC1(C)[C@H]2Cc3cc(-c4nc(-c5cc6c(cn5)[C@@H]5C[C@H](C6)C5(C)C)c(-c5cc6c(cn5)[C@@H]5C[C@H](C6)C5(C)C)nc4-c4cc5c(cn4)[C@@H]4C[C@H](C5)C4(C)C)ncc3[C@@H]1C2. The first-order chi connectivity index (χ1) is 27.7. The van der Waals surface area contributed by atoms with Gasteiger partial charge in [0.05, 0.1) is 22.8 Å². The molecular weight excluding hydrogens is 709 g/mol. The first-order valence-corrected chi connectivity index (χ1v) is 22.6. The zero-order chi connectivity index (χ0) is 39.4. The van der Waals surface area contributed by atoms with Gasteiger partial charge in [-0.2, -0.15) is 0 Å². The molecule has 0 N–H and O–H groups in total. The van der Waals surface area contributed by atoms with Gasteiger partial charge in [0.25, 0.3) is 0 Å². The van der Waals surface area contributed by atoms with Crippen molar-refractivity contribution in [1.82, 2.24) is 29.9 Å². The molecule has 12 aliphatic rings.